The zero-order valence-electron chi connectivity index (χ0n) is 17.9. The minimum atomic E-state index is -3.77. The fourth-order valence-corrected chi connectivity index (χ4v) is 6.03. The van der Waals surface area contributed by atoms with Crippen molar-refractivity contribution in [2.24, 2.45) is 0 Å². The van der Waals surface area contributed by atoms with E-state index in [9.17, 15) is 9.79 Å². The van der Waals surface area contributed by atoms with Gasteiger partial charge in [0.1, 0.15) is 0 Å². The third-order valence-electron chi connectivity index (χ3n) is 4.95. The summed E-state index contributed by atoms with van der Waals surface area (Å²) in [6.45, 7) is 4.48. The van der Waals surface area contributed by atoms with Crippen LogP contribution in [-0.4, -0.2) is 0 Å². The van der Waals surface area contributed by atoms with Crippen molar-refractivity contribution in [3.63, 3.8) is 0 Å². The van der Waals surface area contributed by atoms with Crippen molar-refractivity contribution < 1.29 is 29.3 Å². The van der Waals surface area contributed by atoms with Gasteiger partial charge in [0.2, 0.25) is 0 Å². The van der Waals surface area contributed by atoms with E-state index in [1.54, 1.807) is 0 Å². The largest absolute Gasteiger partial charge is 2.00 e. The number of hydrogen-bond acceptors (Lipinski definition) is 4. The molecular formula is C22H37O2PS2Zn. The number of aryl methyl sites for hydroxylation is 2. The molecule has 0 radical (unpaired) electrons. The second-order valence-electron chi connectivity index (χ2n) is 7.52. The minimum absolute atomic E-state index is 0. The maximum atomic E-state index is 11.6. The Morgan fingerprint density at radius 1 is 0.786 bits per heavy atom. The number of hydrogen-bond donors (Lipinski definition) is 0. The molecule has 0 atom stereocenters. The normalized spacial score (nSPS) is 11.4. The summed E-state index contributed by atoms with van der Waals surface area (Å²) in [4.78, 5) is 24.0. The molecule has 1 rings (SSSR count). The Balaban J connectivity index is 0.00000729. The summed E-state index contributed by atoms with van der Waals surface area (Å²) in [6.07, 6.45) is 17.3. The zero-order chi connectivity index (χ0) is 20.0. The molecule has 0 aliphatic carbocycles. The first-order valence-corrected chi connectivity index (χ1v) is 14.9. The minimum Gasteiger partial charge on any atom is -0.824 e. The second kappa shape index (κ2) is 17.4. The molecule has 0 amide bonds. The topological polar surface area (TPSA) is 46.1 Å². The molecule has 28 heavy (non-hydrogen) atoms. The molecule has 156 valence electrons. The van der Waals surface area contributed by atoms with E-state index in [1.165, 1.54) is 81.8 Å². The van der Waals surface area contributed by atoms with Crippen LogP contribution in [0.15, 0.2) is 23.1 Å². The van der Waals surface area contributed by atoms with Gasteiger partial charge >= 0.3 is 19.5 Å². The van der Waals surface area contributed by atoms with Crippen LogP contribution in [0.3, 0.4) is 0 Å². The van der Waals surface area contributed by atoms with Gasteiger partial charge in [-0.3, -0.25) is 0 Å². The van der Waals surface area contributed by atoms with E-state index in [-0.39, 0.29) is 19.5 Å². The SMILES string of the molecule is CCCCCCCCc1ccc(SP([O-])([O-])=S)c(CCCCCCCC)c1.[Zn+2]. The van der Waals surface area contributed by atoms with Gasteiger partial charge in [-0.25, -0.2) is 0 Å². The van der Waals surface area contributed by atoms with Crippen LogP contribution in [0.2, 0.25) is 0 Å². The van der Waals surface area contributed by atoms with Crippen LogP contribution < -0.4 is 9.79 Å². The predicted molar refractivity (Wildman–Crippen MR) is 121 cm³/mol. The first kappa shape index (κ1) is 28.8. The van der Waals surface area contributed by atoms with Crippen LogP contribution in [0.4, 0.5) is 0 Å². The van der Waals surface area contributed by atoms with Crippen LogP contribution in [-0.2, 0) is 44.1 Å². The molecule has 0 unspecified atom stereocenters. The zero-order valence-corrected chi connectivity index (χ0v) is 23.4. The summed E-state index contributed by atoms with van der Waals surface area (Å²) in [5.74, 6) is 0. The molecule has 1 aromatic carbocycles. The van der Waals surface area contributed by atoms with Gasteiger partial charge in [0.05, 0.1) is 0 Å². The fraction of sp³-hybridized carbons (Fsp3) is 0.727. The quantitative estimate of drug-likeness (QED) is 0.149. The molecule has 2 nitrogen and oxygen atoms in total. The molecule has 0 saturated carbocycles. The van der Waals surface area contributed by atoms with E-state index in [1.807, 2.05) is 6.07 Å². The van der Waals surface area contributed by atoms with Crippen molar-refractivity contribution in [3.8, 4) is 0 Å². The smallest absolute Gasteiger partial charge is 0.824 e. The van der Waals surface area contributed by atoms with Crippen molar-refractivity contribution in [3.05, 3.63) is 29.3 Å². The van der Waals surface area contributed by atoms with Crippen molar-refractivity contribution >= 4 is 28.9 Å². The Morgan fingerprint density at radius 2 is 1.29 bits per heavy atom. The molecule has 0 heterocycles. The van der Waals surface area contributed by atoms with Crippen LogP contribution in [0.1, 0.15) is 102 Å². The molecule has 1 aromatic rings. The Labute approximate surface area is 195 Å². The Bertz CT molecular complexity index is 563. The molecule has 0 fully saturated rings. The first-order chi connectivity index (χ1) is 13.0. The molecule has 0 saturated heterocycles. The van der Waals surface area contributed by atoms with Crippen LogP contribution in [0.25, 0.3) is 0 Å². The maximum absolute atomic E-state index is 11.6. The molecule has 0 aliphatic heterocycles. The van der Waals surface area contributed by atoms with Crippen LogP contribution in [0, 0.1) is 0 Å². The van der Waals surface area contributed by atoms with Gasteiger partial charge in [-0.2, -0.15) is 5.69 Å². The van der Waals surface area contributed by atoms with Crippen LogP contribution >= 0.6 is 17.1 Å². The summed E-state index contributed by atoms with van der Waals surface area (Å²) < 4.78 is 0. The monoisotopic (exact) mass is 492 g/mol. The Morgan fingerprint density at radius 3 is 1.82 bits per heavy atom. The van der Waals surface area contributed by atoms with Crippen molar-refractivity contribution in [1.82, 2.24) is 0 Å². The molecule has 6 heteroatoms. The van der Waals surface area contributed by atoms with Gasteiger partial charge < -0.3 is 9.79 Å². The third kappa shape index (κ3) is 14.7. The average Bonchev–Trinajstić information content (AvgIpc) is 2.61. The summed E-state index contributed by atoms with van der Waals surface area (Å²) in [7, 11) is 0. The van der Waals surface area contributed by atoms with Gasteiger partial charge in [-0.05, 0) is 42.9 Å². The third-order valence-corrected chi connectivity index (χ3v) is 7.70. The van der Waals surface area contributed by atoms with E-state index >= 15 is 0 Å². The molecule has 0 N–H and O–H groups in total. The molecule has 0 spiro atoms. The van der Waals surface area contributed by atoms with E-state index in [0.29, 0.717) is 0 Å². The average molecular weight is 494 g/mol. The first-order valence-electron chi connectivity index (χ1n) is 10.8. The van der Waals surface area contributed by atoms with Crippen LogP contribution in [0.5, 0.6) is 0 Å². The Kier molecular flexibility index (Phi) is 17.9. The van der Waals surface area contributed by atoms with Crippen molar-refractivity contribution in [1.29, 1.82) is 0 Å². The molecular weight excluding hydrogens is 457 g/mol. The maximum Gasteiger partial charge on any atom is 2.00 e. The van der Waals surface area contributed by atoms with Gasteiger partial charge in [0.15, 0.2) is 0 Å². The van der Waals surface area contributed by atoms with Gasteiger partial charge in [-0.1, -0.05) is 90.2 Å². The summed E-state index contributed by atoms with van der Waals surface area (Å²) >= 11 is 5.49. The van der Waals surface area contributed by atoms with E-state index in [2.05, 4.69) is 37.8 Å². The van der Waals surface area contributed by atoms with E-state index < -0.39 is 5.69 Å². The predicted octanol–water partition coefficient (Wildman–Crippen LogP) is 6.53. The fourth-order valence-electron chi connectivity index (χ4n) is 3.40. The second-order valence-corrected chi connectivity index (χ2v) is 13.2. The van der Waals surface area contributed by atoms with Gasteiger partial charge in [0, 0.05) is 4.90 Å². The summed E-state index contributed by atoms with van der Waals surface area (Å²) in [5.41, 5.74) is -1.27. The summed E-state index contributed by atoms with van der Waals surface area (Å²) in [5, 5.41) is 0. The van der Waals surface area contributed by atoms with Crippen molar-refractivity contribution in [2.45, 2.75) is 109 Å². The molecule has 0 aliphatic rings. The van der Waals surface area contributed by atoms with Crippen molar-refractivity contribution in [2.75, 3.05) is 0 Å². The summed E-state index contributed by atoms with van der Waals surface area (Å²) in [6, 6.07) is 6.29. The van der Waals surface area contributed by atoms with Gasteiger partial charge in [-0.15, -0.1) is 23.2 Å². The van der Waals surface area contributed by atoms with Gasteiger partial charge in [0.25, 0.3) is 0 Å². The van der Waals surface area contributed by atoms with E-state index in [0.717, 1.165) is 35.5 Å². The molecule has 0 bridgehead atoms. The molecule has 0 aromatic heterocycles. The number of benzene rings is 1. The number of rotatable bonds is 16. The number of unbranched alkanes of at least 4 members (excludes halogenated alkanes) is 10. The van der Waals surface area contributed by atoms with E-state index in [4.69, 9.17) is 0 Å². The Hall–Kier alpha value is 0.763. The standard InChI is InChI=1S/C22H39O2PS2.Zn/c1-3-5-7-9-11-13-15-20-17-18-22(27-25(23,24)26)21(19-20)16-14-12-10-8-6-4-2;/h17-19H,3-16H2,1-2H3,(H2,23,24,26);/q;+2/p-2.